The Hall–Kier alpha value is -0.290. The monoisotopic (exact) mass is 268 g/mol. The van der Waals surface area contributed by atoms with Crippen molar-refractivity contribution in [3.63, 3.8) is 0 Å². The maximum absolute atomic E-state index is 11.6. The van der Waals surface area contributed by atoms with Crippen LogP contribution in [0.5, 0.6) is 0 Å². The molecule has 1 aromatic rings. The van der Waals surface area contributed by atoms with Gasteiger partial charge >= 0.3 is 0 Å². The quantitative estimate of drug-likeness (QED) is 0.789. The fourth-order valence-corrected chi connectivity index (χ4v) is 2.65. The maximum atomic E-state index is 11.6. The lowest BCUT2D eigenvalue weighted by atomic mass is 10.4. The van der Waals surface area contributed by atoms with Gasteiger partial charge in [-0.05, 0) is 24.6 Å². The number of hydrogen-bond acceptors (Lipinski definition) is 3. The highest BCUT2D eigenvalue weighted by atomic mass is 35.5. The van der Waals surface area contributed by atoms with Gasteiger partial charge in [-0.3, -0.25) is 4.18 Å². The second kappa shape index (κ2) is 5.16. The van der Waals surface area contributed by atoms with Gasteiger partial charge in [-0.2, -0.15) is 8.42 Å². The Labute approximate surface area is 99.1 Å². The molecule has 0 spiro atoms. The second-order valence-corrected chi connectivity index (χ2v) is 5.28. The molecule has 84 valence electrons. The summed E-state index contributed by atoms with van der Waals surface area (Å²) in [7, 11) is -3.79. The van der Waals surface area contributed by atoms with Crippen molar-refractivity contribution in [1.82, 2.24) is 0 Å². The molecular formula is C9H10Cl2O3S. The van der Waals surface area contributed by atoms with Crippen molar-refractivity contribution in [2.75, 3.05) is 6.61 Å². The lowest BCUT2D eigenvalue weighted by molar-refractivity contribution is 0.318. The van der Waals surface area contributed by atoms with Crippen LogP contribution in [0.25, 0.3) is 0 Å². The van der Waals surface area contributed by atoms with Crippen LogP contribution in [0.15, 0.2) is 23.1 Å². The Morgan fingerprint density at radius 3 is 2.60 bits per heavy atom. The third-order valence-electron chi connectivity index (χ3n) is 1.61. The van der Waals surface area contributed by atoms with Gasteiger partial charge < -0.3 is 0 Å². The van der Waals surface area contributed by atoms with E-state index in [4.69, 9.17) is 27.4 Å². The first-order valence-electron chi connectivity index (χ1n) is 4.32. The number of benzene rings is 1. The van der Waals surface area contributed by atoms with E-state index in [0.717, 1.165) is 0 Å². The second-order valence-electron chi connectivity index (χ2n) is 2.85. The van der Waals surface area contributed by atoms with Gasteiger partial charge in [-0.15, -0.1) is 0 Å². The van der Waals surface area contributed by atoms with E-state index in [1.807, 2.05) is 6.92 Å². The number of halogens is 2. The van der Waals surface area contributed by atoms with Gasteiger partial charge in [0.15, 0.2) is 0 Å². The van der Waals surface area contributed by atoms with E-state index < -0.39 is 10.1 Å². The van der Waals surface area contributed by atoms with Crippen molar-refractivity contribution < 1.29 is 12.6 Å². The zero-order valence-corrected chi connectivity index (χ0v) is 10.4. The van der Waals surface area contributed by atoms with E-state index in [1.165, 1.54) is 18.2 Å². The summed E-state index contributed by atoms with van der Waals surface area (Å²) in [5, 5.41) is 0.411. The molecule has 0 bridgehead atoms. The van der Waals surface area contributed by atoms with Crippen molar-refractivity contribution in [3.05, 3.63) is 28.2 Å². The Morgan fingerprint density at radius 2 is 2.00 bits per heavy atom. The molecule has 0 atom stereocenters. The minimum atomic E-state index is -3.79. The van der Waals surface area contributed by atoms with Gasteiger partial charge in [0.1, 0.15) is 4.90 Å². The molecular weight excluding hydrogens is 259 g/mol. The van der Waals surface area contributed by atoms with Crippen molar-refractivity contribution in [1.29, 1.82) is 0 Å². The third kappa shape index (κ3) is 3.34. The molecule has 0 fully saturated rings. The van der Waals surface area contributed by atoms with E-state index in [9.17, 15) is 8.42 Å². The van der Waals surface area contributed by atoms with Crippen LogP contribution in [-0.2, 0) is 14.3 Å². The summed E-state index contributed by atoms with van der Waals surface area (Å²) in [5.74, 6) is 0. The van der Waals surface area contributed by atoms with Gasteiger partial charge in [0, 0.05) is 5.02 Å². The molecule has 0 aromatic heterocycles. The average molecular weight is 269 g/mol. The van der Waals surface area contributed by atoms with E-state index in [-0.39, 0.29) is 16.5 Å². The van der Waals surface area contributed by atoms with Gasteiger partial charge in [0.05, 0.1) is 11.6 Å². The Morgan fingerprint density at radius 1 is 1.33 bits per heavy atom. The van der Waals surface area contributed by atoms with Crippen LogP contribution in [0.3, 0.4) is 0 Å². The standard InChI is InChI=1S/C9H10Cl2O3S/c1-2-5-14-15(12,13)9-6-7(10)3-4-8(9)11/h3-4,6H,2,5H2,1H3. The zero-order valence-electron chi connectivity index (χ0n) is 8.04. The summed E-state index contributed by atoms with van der Waals surface area (Å²) in [6, 6.07) is 4.21. The van der Waals surface area contributed by atoms with Crippen LogP contribution >= 0.6 is 23.2 Å². The van der Waals surface area contributed by atoms with Crippen molar-refractivity contribution in [3.8, 4) is 0 Å². The van der Waals surface area contributed by atoms with Crippen LogP contribution < -0.4 is 0 Å². The molecule has 0 aliphatic rings. The van der Waals surface area contributed by atoms with Crippen LogP contribution in [0.1, 0.15) is 13.3 Å². The first-order chi connectivity index (χ1) is 6.97. The molecule has 0 radical (unpaired) electrons. The normalized spacial score (nSPS) is 11.7. The molecule has 6 heteroatoms. The predicted octanol–water partition coefficient (Wildman–Crippen LogP) is 3.11. The van der Waals surface area contributed by atoms with E-state index in [1.54, 1.807) is 0 Å². The average Bonchev–Trinajstić information content (AvgIpc) is 2.18. The summed E-state index contributed by atoms with van der Waals surface area (Å²) >= 11 is 11.4. The van der Waals surface area contributed by atoms with Crippen molar-refractivity contribution in [2.45, 2.75) is 18.2 Å². The van der Waals surface area contributed by atoms with Crippen molar-refractivity contribution >= 4 is 33.3 Å². The van der Waals surface area contributed by atoms with Gasteiger partial charge in [0.25, 0.3) is 10.1 Å². The molecule has 1 aromatic carbocycles. The third-order valence-corrected chi connectivity index (χ3v) is 3.64. The molecule has 0 aliphatic heterocycles. The van der Waals surface area contributed by atoms with Crippen LogP contribution in [-0.4, -0.2) is 15.0 Å². The summed E-state index contributed by atoms with van der Waals surface area (Å²) < 4.78 is 27.9. The van der Waals surface area contributed by atoms with Crippen LogP contribution in [0, 0.1) is 0 Å². The molecule has 0 N–H and O–H groups in total. The highest BCUT2D eigenvalue weighted by Gasteiger charge is 2.18. The van der Waals surface area contributed by atoms with E-state index in [2.05, 4.69) is 0 Å². The molecule has 1 rings (SSSR count). The highest BCUT2D eigenvalue weighted by Crippen LogP contribution is 2.26. The first kappa shape index (κ1) is 12.8. The molecule has 0 saturated carbocycles. The molecule has 0 amide bonds. The molecule has 0 unspecified atom stereocenters. The van der Waals surface area contributed by atoms with E-state index in [0.29, 0.717) is 11.4 Å². The largest absolute Gasteiger partial charge is 0.298 e. The van der Waals surface area contributed by atoms with E-state index >= 15 is 0 Å². The fourth-order valence-electron chi connectivity index (χ4n) is 0.925. The lowest BCUT2D eigenvalue weighted by Crippen LogP contribution is -2.07. The number of rotatable bonds is 4. The maximum Gasteiger partial charge on any atom is 0.298 e. The molecule has 0 aliphatic carbocycles. The van der Waals surface area contributed by atoms with Crippen LogP contribution in [0.2, 0.25) is 10.0 Å². The smallest absolute Gasteiger partial charge is 0.266 e. The Balaban J connectivity index is 3.09. The lowest BCUT2D eigenvalue weighted by Gasteiger charge is -2.06. The summed E-state index contributed by atoms with van der Waals surface area (Å²) in [6.45, 7) is 1.94. The molecule has 3 nitrogen and oxygen atoms in total. The first-order valence-corrected chi connectivity index (χ1v) is 6.48. The topological polar surface area (TPSA) is 43.4 Å². The molecule has 15 heavy (non-hydrogen) atoms. The van der Waals surface area contributed by atoms with Crippen LogP contribution in [0.4, 0.5) is 0 Å². The molecule has 0 saturated heterocycles. The minimum Gasteiger partial charge on any atom is -0.266 e. The van der Waals surface area contributed by atoms with Crippen molar-refractivity contribution in [2.24, 2.45) is 0 Å². The summed E-state index contributed by atoms with van der Waals surface area (Å²) in [6.07, 6.45) is 0.609. The number of hydrogen-bond donors (Lipinski definition) is 0. The minimum absolute atomic E-state index is 0.0925. The molecule has 0 heterocycles. The SMILES string of the molecule is CCCOS(=O)(=O)c1cc(Cl)ccc1Cl. The predicted molar refractivity (Wildman–Crippen MR) is 59.9 cm³/mol. The highest BCUT2D eigenvalue weighted by molar-refractivity contribution is 7.86. The summed E-state index contributed by atoms with van der Waals surface area (Å²) in [4.78, 5) is -0.0925. The van der Waals surface area contributed by atoms with Gasteiger partial charge in [-0.1, -0.05) is 30.1 Å². The summed E-state index contributed by atoms with van der Waals surface area (Å²) in [5.41, 5.74) is 0. The Bertz CT molecular complexity index is 443. The van der Waals surface area contributed by atoms with Gasteiger partial charge in [-0.25, -0.2) is 0 Å². The van der Waals surface area contributed by atoms with Gasteiger partial charge in [0.2, 0.25) is 0 Å². The fraction of sp³-hybridized carbons (Fsp3) is 0.333. The zero-order chi connectivity index (χ0) is 11.5. The Kier molecular flexibility index (Phi) is 4.40.